The molecule has 0 aromatic heterocycles. The lowest BCUT2D eigenvalue weighted by atomic mass is 10.1. The first-order valence-electron chi connectivity index (χ1n) is 5.50. The molecule has 0 heterocycles. The molecule has 0 radical (unpaired) electrons. The Labute approximate surface area is 100 Å². The Kier molecular flexibility index (Phi) is 4.51. The average molecular weight is 235 g/mol. The Morgan fingerprint density at radius 1 is 1.18 bits per heavy atom. The van der Waals surface area contributed by atoms with Crippen LogP contribution in [0.15, 0.2) is 24.3 Å². The molecule has 5 nitrogen and oxygen atoms in total. The number of nitrogens with two attached hydrogens (primary N) is 1. The first kappa shape index (κ1) is 13.0. The third kappa shape index (κ3) is 4.14. The molecule has 4 N–H and O–H groups in total. The van der Waals surface area contributed by atoms with Crippen molar-refractivity contribution in [3.05, 3.63) is 24.3 Å². The number of anilines is 2. The van der Waals surface area contributed by atoms with E-state index < -0.39 is 6.03 Å². The highest BCUT2D eigenvalue weighted by Gasteiger charge is 2.10. The van der Waals surface area contributed by atoms with E-state index in [1.165, 1.54) is 0 Å². The summed E-state index contributed by atoms with van der Waals surface area (Å²) in [5.41, 5.74) is 6.28. The zero-order chi connectivity index (χ0) is 12.8. The van der Waals surface area contributed by atoms with E-state index in [0.29, 0.717) is 11.4 Å². The van der Waals surface area contributed by atoms with Gasteiger partial charge in [-0.3, -0.25) is 4.79 Å². The van der Waals surface area contributed by atoms with E-state index in [9.17, 15) is 9.59 Å². The first-order valence-corrected chi connectivity index (χ1v) is 5.50. The van der Waals surface area contributed by atoms with Crippen LogP contribution in [0.4, 0.5) is 16.2 Å². The fraction of sp³-hybridized carbons (Fsp3) is 0.333. The Morgan fingerprint density at radius 3 is 2.06 bits per heavy atom. The third-order valence-electron chi connectivity index (χ3n) is 2.48. The summed E-state index contributed by atoms with van der Waals surface area (Å²) in [5.74, 6) is -0.0264. The van der Waals surface area contributed by atoms with Gasteiger partial charge in [0.15, 0.2) is 0 Å². The molecule has 1 aromatic rings. The maximum atomic E-state index is 11.6. The number of hydrogen-bond donors (Lipinski definition) is 3. The summed E-state index contributed by atoms with van der Waals surface area (Å²) in [6, 6.07) is 6.17. The second kappa shape index (κ2) is 5.89. The second-order valence-corrected chi connectivity index (χ2v) is 3.87. The van der Waals surface area contributed by atoms with Gasteiger partial charge in [0, 0.05) is 17.3 Å². The molecule has 1 rings (SSSR count). The Hall–Kier alpha value is -2.04. The van der Waals surface area contributed by atoms with Gasteiger partial charge < -0.3 is 16.4 Å². The summed E-state index contributed by atoms with van der Waals surface area (Å²) in [5, 5.41) is 5.24. The zero-order valence-electron chi connectivity index (χ0n) is 9.99. The predicted octanol–water partition coefficient (Wildman–Crippen LogP) is 2.16. The van der Waals surface area contributed by atoms with Crippen molar-refractivity contribution in [3.8, 4) is 0 Å². The largest absolute Gasteiger partial charge is 0.351 e. The second-order valence-electron chi connectivity index (χ2n) is 3.87. The average Bonchev–Trinajstić information content (AvgIpc) is 2.30. The van der Waals surface area contributed by atoms with Gasteiger partial charge in [-0.2, -0.15) is 0 Å². The monoisotopic (exact) mass is 235 g/mol. The van der Waals surface area contributed by atoms with Crippen LogP contribution in [0.2, 0.25) is 0 Å². The van der Waals surface area contributed by atoms with Crippen LogP contribution in [0.25, 0.3) is 0 Å². The number of carbonyl (C=O) groups is 2. The summed E-state index contributed by atoms with van der Waals surface area (Å²) >= 11 is 0. The van der Waals surface area contributed by atoms with Crippen molar-refractivity contribution in [2.24, 2.45) is 11.7 Å². The van der Waals surface area contributed by atoms with Crippen LogP contribution in [0, 0.1) is 5.92 Å². The molecule has 0 saturated carbocycles. The van der Waals surface area contributed by atoms with Gasteiger partial charge in [0.25, 0.3) is 0 Å². The molecule has 92 valence electrons. The van der Waals surface area contributed by atoms with Crippen molar-refractivity contribution < 1.29 is 9.59 Å². The van der Waals surface area contributed by atoms with Gasteiger partial charge in [-0.25, -0.2) is 4.79 Å². The van der Waals surface area contributed by atoms with Crippen molar-refractivity contribution in [2.75, 3.05) is 10.6 Å². The molecule has 0 fully saturated rings. The molecule has 0 aliphatic heterocycles. The number of primary amides is 1. The summed E-state index contributed by atoms with van der Waals surface area (Å²) in [6.45, 7) is 3.84. The first-order chi connectivity index (χ1) is 8.02. The molecule has 0 aliphatic carbocycles. The quantitative estimate of drug-likeness (QED) is 0.747. The normalized spacial score (nSPS) is 11.6. The third-order valence-corrected chi connectivity index (χ3v) is 2.48. The van der Waals surface area contributed by atoms with Crippen LogP contribution in [0.1, 0.15) is 20.3 Å². The lowest BCUT2D eigenvalue weighted by Crippen LogP contribution is -2.20. The molecule has 0 aliphatic rings. The zero-order valence-corrected chi connectivity index (χ0v) is 9.99. The van der Waals surface area contributed by atoms with E-state index >= 15 is 0 Å². The number of benzene rings is 1. The van der Waals surface area contributed by atoms with Crippen LogP contribution in [-0.2, 0) is 4.79 Å². The number of amides is 3. The fourth-order valence-electron chi connectivity index (χ4n) is 1.23. The van der Waals surface area contributed by atoms with Crippen molar-refractivity contribution in [2.45, 2.75) is 20.3 Å². The number of carbonyl (C=O) groups excluding carboxylic acids is 2. The van der Waals surface area contributed by atoms with Gasteiger partial charge in [0.05, 0.1) is 0 Å². The number of urea groups is 1. The molecule has 1 unspecified atom stereocenters. The molecule has 0 bridgehead atoms. The van der Waals surface area contributed by atoms with Crippen LogP contribution in [0.5, 0.6) is 0 Å². The number of rotatable bonds is 4. The maximum absolute atomic E-state index is 11.6. The lowest BCUT2D eigenvalue weighted by Gasteiger charge is -2.10. The smallest absolute Gasteiger partial charge is 0.316 e. The fourth-order valence-corrected chi connectivity index (χ4v) is 1.23. The van der Waals surface area contributed by atoms with E-state index in [2.05, 4.69) is 10.6 Å². The molecular weight excluding hydrogens is 218 g/mol. The summed E-state index contributed by atoms with van der Waals surface area (Å²) in [6.07, 6.45) is 0.799. The highest BCUT2D eigenvalue weighted by molar-refractivity contribution is 5.93. The van der Waals surface area contributed by atoms with E-state index in [1.54, 1.807) is 24.3 Å². The topological polar surface area (TPSA) is 84.2 Å². The highest BCUT2D eigenvalue weighted by atomic mass is 16.2. The Bertz CT molecular complexity index is 401. The van der Waals surface area contributed by atoms with Crippen LogP contribution < -0.4 is 16.4 Å². The standard InChI is InChI=1S/C12H17N3O2/c1-3-8(2)11(16)14-9-4-6-10(7-5-9)15-12(13)17/h4-8H,3H2,1-2H3,(H,14,16)(H3,13,15,17). The van der Waals surface area contributed by atoms with Crippen LogP contribution in [-0.4, -0.2) is 11.9 Å². The van der Waals surface area contributed by atoms with E-state index in [1.807, 2.05) is 13.8 Å². The predicted molar refractivity (Wildman–Crippen MR) is 67.7 cm³/mol. The maximum Gasteiger partial charge on any atom is 0.316 e. The minimum absolute atomic E-state index is 0.0110. The highest BCUT2D eigenvalue weighted by Crippen LogP contribution is 2.14. The molecule has 1 aromatic carbocycles. The van der Waals surface area contributed by atoms with Crippen molar-refractivity contribution in [1.82, 2.24) is 0 Å². The van der Waals surface area contributed by atoms with Crippen molar-refractivity contribution >= 4 is 23.3 Å². The van der Waals surface area contributed by atoms with E-state index in [4.69, 9.17) is 5.73 Å². The molecule has 0 spiro atoms. The van der Waals surface area contributed by atoms with Gasteiger partial charge in [0.1, 0.15) is 0 Å². The van der Waals surface area contributed by atoms with Crippen molar-refractivity contribution in [1.29, 1.82) is 0 Å². The Balaban J connectivity index is 2.62. The number of nitrogens with one attached hydrogen (secondary N) is 2. The SMILES string of the molecule is CCC(C)C(=O)Nc1ccc(NC(N)=O)cc1. The van der Waals surface area contributed by atoms with Gasteiger partial charge in [-0.15, -0.1) is 0 Å². The van der Waals surface area contributed by atoms with Crippen molar-refractivity contribution in [3.63, 3.8) is 0 Å². The number of hydrogen-bond acceptors (Lipinski definition) is 2. The molecule has 5 heteroatoms. The molecule has 17 heavy (non-hydrogen) atoms. The molecule has 1 atom stereocenters. The van der Waals surface area contributed by atoms with E-state index in [-0.39, 0.29) is 11.8 Å². The summed E-state index contributed by atoms with van der Waals surface area (Å²) < 4.78 is 0. The van der Waals surface area contributed by atoms with Crippen LogP contribution >= 0.6 is 0 Å². The van der Waals surface area contributed by atoms with Gasteiger partial charge in [-0.05, 0) is 30.7 Å². The summed E-state index contributed by atoms with van der Waals surface area (Å²) in [4.78, 5) is 22.2. The molecule has 0 saturated heterocycles. The van der Waals surface area contributed by atoms with Gasteiger partial charge in [-0.1, -0.05) is 13.8 Å². The molecular formula is C12H17N3O2. The lowest BCUT2D eigenvalue weighted by molar-refractivity contribution is -0.119. The van der Waals surface area contributed by atoms with Gasteiger partial charge in [0.2, 0.25) is 5.91 Å². The minimum Gasteiger partial charge on any atom is -0.351 e. The minimum atomic E-state index is -0.610. The Morgan fingerprint density at radius 2 is 1.65 bits per heavy atom. The van der Waals surface area contributed by atoms with Crippen LogP contribution in [0.3, 0.4) is 0 Å². The summed E-state index contributed by atoms with van der Waals surface area (Å²) in [7, 11) is 0. The van der Waals surface area contributed by atoms with E-state index in [0.717, 1.165) is 6.42 Å². The molecule has 3 amide bonds. The van der Waals surface area contributed by atoms with Gasteiger partial charge >= 0.3 is 6.03 Å².